The van der Waals surface area contributed by atoms with E-state index in [0.717, 1.165) is 6.42 Å². The summed E-state index contributed by atoms with van der Waals surface area (Å²) in [5.74, 6) is 6.97. The second-order valence-electron chi connectivity index (χ2n) is 4.33. The third-order valence-corrected chi connectivity index (χ3v) is 2.75. The summed E-state index contributed by atoms with van der Waals surface area (Å²) in [6.07, 6.45) is 0.762. The standard InChI is InChI=1S/C11H21N5O2/c1-4-11(2,7-17)15-8-5-9(16-12)14-10(13-8)6-18-3/h5,17H,4,6-7,12H2,1-3H3,(H2,13,14,15,16). The Morgan fingerprint density at radius 1 is 1.44 bits per heavy atom. The third kappa shape index (κ3) is 3.80. The maximum atomic E-state index is 9.37. The molecule has 102 valence electrons. The maximum absolute atomic E-state index is 9.37. The van der Waals surface area contributed by atoms with Crippen LogP contribution in [-0.2, 0) is 11.3 Å². The van der Waals surface area contributed by atoms with Crippen LogP contribution in [0.5, 0.6) is 0 Å². The number of ether oxygens (including phenoxy) is 1. The number of hydrazine groups is 1. The van der Waals surface area contributed by atoms with Gasteiger partial charge >= 0.3 is 0 Å². The van der Waals surface area contributed by atoms with Crippen molar-refractivity contribution in [3.05, 3.63) is 11.9 Å². The van der Waals surface area contributed by atoms with E-state index in [1.54, 1.807) is 13.2 Å². The molecular formula is C11H21N5O2. The molecule has 1 rings (SSSR count). The zero-order valence-electron chi connectivity index (χ0n) is 11.0. The van der Waals surface area contributed by atoms with Crippen LogP contribution in [0, 0.1) is 0 Å². The number of aromatic nitrogens is 2. The Morgan fingerprint density at radius 2 is 2.11 bits per heavy atom. The van der Waals surface area contributed by atoms with Crippen molar-refractivity contribution >= 4 is 11.6 Å². The van der Waals surface area contributed by atoms with Crippen LogP contribution in [0.25, 0.3) is 0 Å². The molecular weight excluding hydrogens is 234 g/mol. The number of rotatable bonds is 7. The van der Waals surface area contributed by atoms with Crippen LogP contribution in [0.4, 0.5) is 11.6 Å². The van der Waals surface area contributed by atoms with Gasteiger partial charge < -0.3 is 20.6 Å². The Kier molecular flexibility index (Phi) is 5.26. The van der Waals surface area contributed by atoms with Crippen LogP contribution >= 0.6 is 0 Å². The average Bonchev–Trinajstić information content (AvgIpc) is 2.38. The predicted molar refractivity (Wildman–Crippen MR) is 70.0 cm³/mol. The van der Waals surface area contributed by atoms with Gasteiger partial charge in [-0.1, -0.05) is 6.92 Å². The lowest BCUT2D eigenvalue weighted by Crippen LogP contribution is -2.38. The summed E-state index contributed by atoms with van der Waals surface area (Å²) in [6, 6.07) is 1.68. The fourth-order valence-corrected chi connectivity index (χ4v) is 1.38. The summed E-state index contributed by atoms with van der Waals surface area (Å²) in [6.45, 7) is 4.22. The van der Waals surface area contributed by atoms with Gasteiger partial charge in [0.2, 0.25) is 0 Å². The highest BCUT2D eigenvalue weighted by Gasteiger charge is 2.21. The fraction of sp³-hybridized carbons (Fsp3) is 0.636. The summed E-state index contributed by atoms with van der Waals surface area (Å²) in [5.41, 5.74) is 2.05. The molecule has 0 spiro atoms. The monoisotopic (exact) mass is 255 g/mol. The minimum absolute atomic E-state index is 0.0124. The first kappa shape index (κ1) is 14.6. The molecule has 0 aromatic carbocycles. The number of aliphatic hydroxyl groups is 1. The molecule has 0 aliphatic rings. The number of hydrogen-bond donors (Lipinski definition) is 4. The van der Waals surface area contributed by atoms with E-state index in [2.05, 4.69) is 20.7 Å². The lowest BCUT2D eigenvalue weighted by molar-refractivity contribution is 0.178. The molecule has 0 aliphatic carbocycles. The van der Waals surface area contributed by atoms with Gasteiger partial charge in [-0.15, -0.1) is 0 Å². The van der Waals surface area contributed by atoms with Crippen molar-refractivity contribution in [1.29, 1.82) is 0 Å². The van der Waals surface area contributed by atoms with E-state index in [9.17, 15) is 5.11 Å². The molecule has 1 atom stereocenters. The van der Waals surface area contributed by atoms with Crippen LogP contribution in [0.1, 0.15) is 26.1 Å². The summed E-state index contributed by atoms with van der Waals surface area (Å²) in [7, 11) is 1.57. The van der Waals surface area contributed by atoms with Crippen molar-refractivity contribution in [1.82, 2.24) is 9.97 Å². The first-order chi connectivity index (χ1) is 8.56. The van der Waals surface area contributed by atoms with E-state index in [0.29, 0.717) is 24.1 Å². The van der Waals surface area contributed by atoms with Gasteiger partial charge in [0.25, 0.3) is 0 Å². The van der Waals surface area contributed by atoms with E-state index < -0.39 is 5.54 Å². The summed E-state index contributed by atoms with van der Waals surface area (Å²) in [4.78, 5) is 8.45. The molecule has 18 heavy (non-hydrogen) atoms. The first-order valence-electron chi connectivity index (χ1n) is 5.79. The van der Waals surface area contributed by atoms with Gasteiger partial charge in [-0.3, -0.25) is 0 Å². The molecule has 7 heteroatoms. The zero-order valence-corrected chi connectivity index (χ0v) is 11.0. The second kappa shape index (κ2) is 6.48. The van der Waals surface area contributed by atoms with Crippen LogP contribution < -0.4 is 16.6 Å². The minimum Gasteiger partial charge on any atom is -0.394 e. The Labute approximate surface area is 107 Å². The van der Waals surface area contributed by atoms with Crippen LogP contribution in [-0.4, -0.2) is 34.3 Å². The van der Waals surface area contributed by atoms with Crippen molar-refractivity contribution in [3.8, 4) is 0 Å². The van der Waals surface area contributed by atoms with E-state index in [1.165, 1.54) is 0 Å². The number of nitrogen functional groups attached to an aromatic ring is 1. The van der Waals surface area contributed by atoms with Crippen molar-refractivity contribution in [2.75, 3.05) is 24.5 Å². The van der Waals surface area contributed by atoms with Gasteiger partial charge in [-0.25, -0.2) is 15.8 Å². The van der Waals surface area contributed by atoms with Gasteiger partial charge in [0, 0.05) is 13.2 Å². The van der Waals surface area contributed by atoms with Crippen molar-refractivity contribution in [2.45, 2.75) is 32.4 Å². The van der Waals surface area contributed by atoms with Gasteiger partial charge in [0.15, 0.2) is 5.82 Å². The van der Waals surface area contributed by atoms with Crippen molar-refractivity contribution in [3.63, 3.8) is 0 Å². The van der Waals surface area contributed by atoms with Crippen LogP contribution in [0.3, 0.4) is 0 Å². The summed E-state index contributed by atoms with van der Waals surface area (Å²) >= 11 is 0. The quantitative estimate of drug-likeness (QED) is 0.415. The number of nitrogens with two attached hydrogens (primary N) is 1. The fourth-order valence-electron chi connectivity index (χ4n) is 1.38. The van der Waals surface area contributed by atoms with Crippen LogP contribution in [0.2, 0.25) is 0 Å². The molecule has 1 heterocycles. The number of aliphatic hydroxyl groups excluding tert-OH is 1. The SMILES string of the molecule is CCC(C)(CO)Nc1cc(NN)nc(COC)n1. The topological polar surface area (TPSA) is 105 Å². The highest BCUT2D eigenvalue weighted by Crippen LogP contribution is 2.18. The lowest BCUT2D eigenvalue weighted by Gasteiger charge is -2.28. The number of nitrogens with one attached hydrogen (secondary N) is 2. The summed E-state index contributed by atoms with van der Waals surface area (Å²) < 4.78 is 4.99. The molecule has 1 aromatic rings. The van der Waals surface area contributed by atoms with Gasteiger partial charge in [0.1, 0.15) is 18.2 Å². The Hall–Kier alpha value is -1.44. The molecule has 5 N–H and O–H groups in total. The highest BCUT2D eigenvalue weighted by molar-refractivity contribution is 5.48. The Morgan fingerprint density at radius 3 is 2.61 bits per heavy atom. The van der Waals surface area contributed by atoms with E-state index in [-0.39, 0.29) is 6.61 Å². The number of anilines is 2. The Bertz CT molecular complexity index is 382. The predicted octanol–water partition coefficient (Wildman–Crippen LogP) is 0.481. The average molecular weight is 255 g/mol. The molecule has 0 saturated heterocycles. The normalized spacial score (nSPS) is 14.1. The molecule has 0 saturated carbocycles. The molecule has 0 radical (unpaired) electrons. The van der Waals surface area contributed by atoms with E-state index in [4.69, 9.17) is 10.6 Å². The molecule has 1 aromatic heterocycles. The van der Waals surface area contributed by atoms with Gasteiger partial charge in [-0.05, 0) is 13.3 Å². The lowest BCUT2D eigenvalue weighted by atomic mass is 10.0. The maximum Gasteiger partial charge on any atom is 0.158 e. The summed E-state index contributed by atoms with van der Waals surface area (Å²) in [5, 5.41) is 12.6. The number of methoxy groups -OCH3 is 1. The first-order valence-corrected chi connectivity index (χ1v) is 5.79. The number of hydrogen-bond acceptors (Lipinski definition) is 7. The van der Waals surface area contributed by atoms with Crippen molar-refractivity contribution in [2.24, 2.45) is 5.84 Å². The smallest absolute Gasteiger partial charge is 0.158 e. The third-order valence-electron chi connectivity index (χ3n) is 2.75. The number of nitrogens with zero attached hydrogens (tertiary/aromatic N) is 2. The molecule has 7 nitrogen and oxygen atoms in total. The van der Waals surface area contributed by atoms with Crippen LogP contribution in [0.15, 0.2) is 6.07 Å². The molecule has 1 unspecified atom stereocenters. The largest absolute Gasteiger partial charge is 0.394 e. The van der Waals surface area contributed by atoms with Gasteiger partial charge in [0.05, 0.1) is 12.1 Å². The van der Waals surface area contributed by atoms with E-state index >= 15 is 0 Å². The molecule has 0 aliphatic heterocycles. The second-order valence-corrected chi connectivity index (χ2v) is 4.33. The zero-order chi connectivity index (χ0) is 13.6. The highest BCUT2D eigenvalue weighted by atomic mass is 16.5. The Balaban J connectivity index is 2.96. The molecule has 0 amide bonds. The van der Waals surface area contributed by atoms with Crippen molar-refractivity contribution < 1.29 is 9.84 Å². The molecule has 0 bridgehead atoms. The van der Waals surface area contributed by atoms with Gasteiger partial charge in [-0.2, -0.15) is 0 Å². The molecule has 0 fully saturated rings. The minimum atomic E-state index is -0.426. The van der Waals surface area contributed by atoms with E-state index in [1.807, 2.05) is 13.8 Å².